The average molecular weight is 629 g/mol. The number of piperidine rings is 1. The number of hydrogen-bond acceptors (Lipinski definition) is 6. The van der Waals surface area contributed by atoms with Crippen molar-refractivity contribution in [1.29, 1.82) is 0 Å². The number of aromatic nitrogens is 1. The fourth-order valence-electron chi connectivity index (χ4n) is 6.49. The first-order valence-corrected chi connectivity index (χ1v) is 15.4. The first-order valence-electron chi connectivity index (χ1n) is 15.4. The molecule has 3 fully saturated rings. The Balaban J connectivity index is 1.22. The van der Waals surface area contributed by atoms with E-state index in [0.717, 1.165) is 58.1 Å². The van der Waals surface area contributed by atoms with Crippen LogP contribution in [0.2, 0.25) is 0 Å². The molecule has 0 spiro atoms. The minimum absolute atomic E-state index is 0.0555. The molecule has 240 valence electrons. The molecule has 12 heteroatoms. The molecule has 4 heterocycles. The van der Waals surface area contributed by atoms with Crippen LogP contribution in [0.25, 0.3) is 10.9 Å². The lowest BCUT2D eigenvalue weighted by molar-refractivity contribution is -0.141. The number of ether oxygens (including phenoxy) is 2. The second kappa shape index (κ2) is 12.9. The first-order chi connectivity index (χ1) is 21.5. The normalized spacial score (nSPS) is 20.6. The van der Waals surface area contributed by atoms with Gasteiger partial charge in [0.15, 0.2) is 0 Å². The summed E-state index contributed by atoms with van der Waals surface area (Å²) in [6.07, 6.45) is -0.672. The van der Waals surface area contributed by atoms with E-state index < -0.39 is 23.6 Å². The maximum atomic E-state index is 15.5. The van der Waals surface area contributed by atoms with Gasteiger partial charge in [-0.05, 0) is 68.0 Å². The lowest BCUT2D eigenvalue weighted by Gasteiger charge is -2.39. The Morgan fingerprint density at radius 1 is 1.07 bits per heavy atom. The molecular weight excluding hydrogens is 592 g/mol. The van der Waals surface area contributed by atoms with Crippen molar-refractivity contribution in [3.05, 3.63) is 65.1 Å². The number of likely N-dealkylation sites (tertiary alicyclic amines) is 2. The van der Waals surface area contributed by atoms with Crippen LogP contribution < -0.4 is 10.1 Å². The standard InChI is InChI=1S/C33H36F4N4O4/c1-20-14-31(42)41(18-20)19-22-16-27(34)26(32(43)38-23-6-10-40(11-7-23)24-8-12-44-13-9-24)17-29(22)45-25-3-4-28-21(15-25)2-5-30(39-28)33(35,36)37/h2-5,15-17,20,23-24H,6-14,18-19H2,1H3,(H,38,43)/t20-/m0/s1. The molecule has 0 bridgehead atoms. The van der Waals surface area contributed by atoms with Gasteiger partial charge in [-0.15, -0.1) is 0 Å². The van der Waals surface area contributed by atoms with Gasteiger partial charge in [0, 0.05) is 68.8 Å². The van der Waals surface area contributed by atoms with Crippen molar-refractivity contribution in [1.82, 2.24) is 20.1 Å². The predicted molar refractivity (Wildman–Crippen MR) is 158 cm³/mol. The van der Waals surface area contributed by atoms with Crippen LogP contribution in [0.5, 0.6) is 11.5 Å². The lowest BCUT2D eigenvalue weighted by Crippen LogP contribution is -2.49. The number of halogens is 4. The van der Waals surface area contributed by atoms with Gasteiger partial charge in [0.05, 0.1) is 11.1 Å². The minimum Gasteiger partial charge on any atom is -0.457 e. The van der Waals surface area contributed by atoms with Crippen LogP contribution >= 0.6 is 0 Å². The van der Waals surface area contributed by atoms with Crippen molar-refractivity contribution in [3.63, 3.8) is 0 Å². The van der Waals surface area contributed by atoms with Crippen LogP contribution in [0.1, 0.15) is 60.6 Å². The number of benzene rings is 2. The van der Waals surface area contributed by atoms with Crippen molar-refractivity contribution in [2.45, 2.75) is 63.8 Å². The zero-order valence-electron chi connectivity index (χ0n) is 25.0. The van der Waals surface area contributed by atoms with Crippen LogP contribution in [-0.2, 0) is 22.3 Å². The van der Waals surface area contributed by atoms with Crippen LogP contribution in [0, 0.1) is 11.7 Å². The Morgan fingerprint density at radius 3 is 2.51 bits per heavy atom. The van der Waals surface area contributed by atoms with Gasteiger partial charge in [-0.25, -0.2) is 9.37 Å². The highest BCUT2D eigenvalue weighted by Crippen LogP contribution is 2.34. The van der Waals surface area contributed by atoms with Gasteiger partial charge in [0.2, 0.25) is 5.91 Å². The van der Waals surface area contributed by atoms with E-state index in [1.54, 1.807) is 4.90 Å². The van der Waals surface area contributed by atoms with E-state index in [4.69, 9.17) is 9.47 Å². The van der Waals surface area contributed by atoms with E-state index in [1.165, 1.54) is 36.4 Å². The van der Waals surface area contributed by atoms with E-state index in [0.29, 0.717) is 30.0 Å². The molecule has 2 aromatic carbocycles. The molecule has 8 nitrogen and oxygen atoms in total. The van der Waals surface area contributed by atoms with Gasteiger partial charge in [0.25, 0.3) is 5.91 Å². The Bertz CT molecular complexity index is 1570. The molecule has 3 aliphatic heterocycles. The smallest absolute Gasteiger partial charge is 0.433 e. The summed E-state index contributed by atoms with van der Waals surface area (Å²) in [5.74, 6) is -0.727. The highest BCUT2D eigenvalue weighted by Gasteiger charge is 2.33. The van der Waals surface area contributed by atoms with E-state index in [1.807, 2.05) is 6.92 Å². The number of rotatable bonds is 7. The van der Waals surface area contributed by atoms with Gasteiger partial charge in [0.1, 0.15) is 23.0 Å². The number of pyridine rings is 1. The zero-order valence-corrected chi connectivity index (χ0v) is 25.0. The molecule has 2 amide bonds. The van der Waals surface area contributed by atoms with E-state index in [2.05, 4.69) is 15.2 Å². The molecular formula is C33H36F4N4O4. The minimum atomic E-state index is -4.57. The summed E-state index contributed by atoms with van der Waals surface area (Å²) >= 11 is 0. The molecule has 1 N–H and O–H groups in total. The van der Waals surface area contributed by atoms with Crippen molar-refractivity contribution < 1.29 is 36.6 Å². The molecule has 1 atom stereocenters. The molecule has 6 rings (SSSR count). The third kappa shape index (κ3) is 7.22. The second-order valence-electron chi connectivity index (χ2n) is 12.3. The van der Waals surface area contributed by atoms with Crippen LogP contribution in [0.3, 0.4) is 0 Å². The highest BCUT2D eigenvalue weighted by atomic mass is 19.4. The highest BCUT2D eigenvalue weighted by molar-refractivity contribution is 5.95. The van der Waals surface area contributed by atoms with E-state index in [9.17, 15) is 22.8 Å². The number of alkyl halides is 3. The average Bonchev–Trinajstić information content (AvgIpc) is 3.34. The SMILES string of the molecule is C[C@H]1CC(=O)N(Cc2cc(F)c(C(=O)NC3CCN(C4CCOCC4)CC3)cc2Oc2ccc3nc(C(F)(F)F)ccc3c2)C1. The molecule has 0 saturated carbocycles. The maximum Gasteiger partial charge on any atom is 0.433 e. The summed E-state index contributed by atoms with van der Waals surface area (Å²) in [5, 5.41) is 3.40. The van der Waals surface area contributed by atoms with Crippen molar-refractivity contribution in [2.75, 3.05) is 32.8 Å². The summed E-state index contributed by atoms with van der Waals surface area (Å²) < 4.78 is 66.6. The van der Waals surface area contributed by atoms with E-state index in [-0.39, 0.29) is 47.0 Å². The Hall–Kier alpha value is -3.77. The molecule has 0 aliphatic carbocycles. The van der Waals surface area contributed by atoms with Crippen LogP contribution in [0.4, 0.5) is 17.6 Å². The fourth-order valence-corrected chi connectivity index (χ4v) is 6.49. The predicted octanol–water partition coefficient (Wildman–Crippen LogP) is 5.93. The molecule has 0 unspecified atom stereocenters. The number of fused-ring (bicyclic) bond motifs is 1. The van der Waals surface area contributed by atoms with Gasteiger partial charge < -0.3 is 24.6 Å². The maximum absolute atomic E-state index is 15.5. The summed E-state index contributed by atoms with van der Waals surface area (Å²) in [5.41, 5.74) is -0.670. The number of nitrogens with zero attached hydrogens (tertiary/aromatic N) is 3. The largest absolute Gasteiger partial charge is 0.457 e. The van der Waals surface area contributed by atoms with Crippen molar-refractivity contribution >= 4 is 22.7 Å². The summed E-state index contributed by atoms with van der Waals surface area (Å²) in [7, 11) is 0. The van der Waals surface area contributed by atoms with Gasteiger partial charge >= 0.3 is 6.18 Å². The Kier molecular flexibility index (Phi) is 8.96. The second-order valence-corrected chi connectivity index (χ2v) is 12.3. The number of hydrogen-bond donors (Lipinski definition) is 1. The number of carbonyl (C=O) groups is 2. The van der Waals surface area contributed by atoms with E-state index >= 15 is 4.39 Å². The number of amides is 2. The third-order valence-electron chi connectivity index (χ3n) is 8.91. The molecule has 1 aromatic heterocycles. The Morgan fingerprint density at radius 2 is 1.82 bits per heavy atom. The number of nitrogens with one attached hydrogen (secondary N) is 1. The summed E-state index contributed by atoms with van der Waals surface area (Å²) in [6.45, 7) is 5.78. The fraction of sp³-hybridized carbons (Fsp3) is 0.485. The Labute approximate surface area is 258 Å². The lowest BCUT2D eigenvalue weighted by atomic mass is 9.99. The molecule has 3 saturated heterocycles. The molecule has 45 heavy (non-hydrogen) atoms. The topological polar surface area (TPSA) is 84.0 Å². The van der Waals surface area contributed by atoms with Crippen molar-refractivity contribution in [3.8, 4) is 11.5 Å². The van der Waals surface area contributed by atoms with Crippen molar-refractivity contribution in [2.24, 2.45) is 5.92 Å². The third-order valence-corrected chi connectivity index (χ3v) is 8.91. The summed E-state index contributed by atoms with van der Waals surface area (Å²) in [4.78, 5) is 33.7. The summed E-state index contributed by atoms with van der Waals surface area (Å²) in [6, 6.07) is 9.57. The van der Waals surface area contributed by atoms with Gasteiger partial charge in [-0.2, -0.15) is 13.2 Å². The zero-order chi connectivity index (χ0) is 31.7. The van der Waals surface area contributed by atoms with Crippen LogP contribution in [-0.4, -0.2) is 71.5 Å². The molecule has 0 radical (unpaired) electrons. The first kappa shape index (κ1) is 31.2. The molecule has 3 aromatic rings. The van der Waals surface area contributed by atoms with Crippen LogP contribution in [0.15, 0.2) is 42.5 Å². The van der Waals surface area contributed by atoms with Gasteiger partial charge in [-0.1, -0.05) is 13.0 Å². The monoisotopic (exact) mass is 628 g/mol. The van der Waals surface area contributed by atoms with Gasteiger partial charge in [-0.3, -0.25) is 9.59 Å². The molecule has 3 aliphatic rings. The quantitative estimate of drug-likeness (QED) is 0.327. The number of carbonyl (C=O) groups excluding carboxylic acids is 2.